The number of ether oxygens (including phenoxy) is 1. The van der Waals surface area contributed by atoms with E-state index >= 15 is 0 Å². The van der Waals surface area contributed by atoms with Crippen LogP contribution < -0.4 is 5.32 Å². The lowest BCUT2D eigenvalue weighted by molar-refractivity contribution is 0.0256. The van der Waals surface area contributed by atoms with Gasteiger partial charge in [-0.05, 0) is 40.0 Å². The predicted octanol–water partition coefficient (Wildman–Crippen LogP) is 2.55. The molecular formula is C15H25N3O3. The molecule has 6 heteroatoms. The number of nitrogens with zero attached hydrogens (tertiary/aromatic N) is 2. The van der Waals surface area contributed by atoms with Crippen molar-refractivity contribution in [2.45, 2.75) is 58.2 Å². The first-order chi connectivity index (χ1) is 9.94. The maximum absolute atomic E-state index is 12.1. The van der Waals surface area contributed by atoms with Crippen LogP contribution in [0.1, 0.15) is 45.7 Å². The molecule has 1 N–H and O–H groups in total. The number of carbonyl (C=O) groups is 1. The van der Waals surface area contributed by atoms with E-state index in [2.05, 4.69) is 10.5 Å². The topological polar surface area (TPSA) is 67.6 Å². The molecule has 0 saturated carbocycles. The first-order valence-electron chi connectivity index (χ1n) is 7.54. The van der Waals surface area contributed by atoms with E-state index in [1.54, 1.807) is 6.26 Å². The third-order valence-corrected chi connectivity index (χ3v) is 3.44. The van der Waals surface area contributed by atoms with E-state index in [4.69, 9.17) is 9.26 Å². The summed E-state index contributed by atoms with van der Waals surface area (Å²) in [5.41, 5.74) is 0.469. The van der Waals surface area contributed by atoms with Crippen molar-refractivity contribution in [1.29, 1.82) is 0 Å². The molecular weight excluding hydrogens is 270 g/mol. The summed E-state index contributed by atoms with van der Waals surface area (Å²) in [7, 11) is 0. The average molecular weight is 295 g/mol. The molecule has 0 spiro atoms. The average Bonchev–Trinajstić information content (AvgIpc) is 2.78. The monoisotopic (exact) mass is 295 g/mol. The maximum atomic E-state index is 12.1. The minimum atomic E-state index is -0.437. The Hall–Kier alpha value is -1.56. The quantitative estimate of drug-likeness (QED) is 0.928. The van der Waals surface area contributed by atoms with E-state index in [1.165, 1.54) is 0 Å². The van der Waals surface area contributed by atoms with Gasteiger partial charge < -0.3 is 19.5 Å². The molecule has 1 saturated heterocycles. The molecule has 0 unspecified atom stereocenters. The molecule has 0 aromatic carbocycles. The minimum absolute atomic E-state index is 0.209. The molecule has 1 aliphatic heterocycles. The third-order valence-electron chi connectivity index (χ3n) is 3.44. The van der Waals surface area contributed by atoms with Crippen molar-refractivity contribution in [1.82, 2.24) is 15.4 Å². The predicted molar refractivity (Wildman–Crippen MR) is 78.8 cm³/mol. The normalized spacial score (nSPS) is 20.1. The van der Waals surface area contributed by atoms with Gasteiger partial charge in [-0.2, -0.15) is 0 Å². The first kappa shape index (κ1) is 15.8. The van der Waals surface area contributed by atoms with E-state index in [9.17, 15) is 4.79 Å². The lowest BCUT2D eigenvalue weighted by Crippen LogP contribution is -2.38. The standard InChI is InChI=1S/C15H25N3O3/c1-15(2,3)21-14(19)18-8-4-5-12(6-9-18)16-11-13-7-10-20-17-13/h7,10,12,16H,4-6,8-9,11H2,1-3H3/t12-/m1/s1. The SMILES string of the molecule is CC(C)(C)OC(=O)N1CCC[C@@H](NCc2ccon2)CC1. The van der Waals surface area contributed by atoms with Crippen LogP contribution in [0.4, 0.5) is 4.79 Å². The summed E-state index contributed by atoms with van der Waals surface area (Å²) in [6.07, 6.45) is 4.33. The van der Waals surface area contributed by atoms with Gasteiger partial charge in [0.2, 0.25) is 0 Å². The van der Waals surface area contributed by atoms with Crippen LogP contribution in [0.3, 0.4) is 0 Å². The van der Waals surface area contributed by atoms with Crippen LogP contribution in [0.15, 0.2) is 16.9 Å². The molecule has 6 nitrogen and oxygen atoms in total. The molecule has 118 valence electrons. The number of nitrogens with one attached hydrogen (secondary N) is 1. The number of hydrogen-bond donors (Lipinski definition) is 1. The number of hydrogen-bond acceptors (Lipinski definition) is 5. The van der Waals surface area contributed by atoms with Crippen molar-refractivity contribution >= 4 is 6.09 Å². The van der Waals surface area contributed by atoms with Crippen LogP contribution in [-0.4, -0.2) is 40.9 Å². The van der Waals surface area contributed by atoms with E-state index in [-0.39, 0.29) is 6.09 Å². The molecule has 1 amide bonds. The fourth-order valence-corrected chi connectivity index (χ4v) is 2.39. The molecule has 0 radical (unpaired) electrons. The van der Waals surface area contributed by atoms with Crippen molar-refractivity contribution in [3.05, 3.63) is 18.0 Å². The van der Waals surface area contributed by atoms with Gasteiger partial charge >= 0.3 is 6.09 Å². The summed E-state index contributed by atoms with van der Waals surface area (Å²) in [6.45, 7) is 7.87. The van der Waals surface area contributed by atoms with Crippen LogP contribution in [-0.2, 0) is 11.3 Å². The highest BCUT2D eigenvalue weighted by molar-refractivity contribution is 5.68. The highest BCUT2D eigenvalue weighted by Gasteiger charge is 2.25. The fraction of sp³-hybridized carbons (Fsp3) is 0.733. The van der Waals surface area contributed by atoms with Crippen molar-refractivity contribution < 1.29 is 14.1 Å². The summed E-state index contributed by atoms with van der Waals surface area (Å²) >= 11 is 0. The molecule has 1 aliphatic rings. The van der Waals surface area contributed by atoms with Gasteiger partial charge in [-0.25, -0.2) is 4.79 Å². The van der Waals surface area contributed by atoms with Gasteiger partial charge in [-0.1, -0.05) is 5.16 Å². The zero-order chi connectivity index (χ0) is 15.3. The second-order valence-electron chi connectivity index (χ2n) is 6.47. The Labute approximate surface area is 125 Å². The van der Waals surface area contributed by atoms with Gasteiger partial charge in [0.1, 0.15) is 11.9 Å². The van der Waals surface area contributed by atoms with Crippen LogP contribution in [0, 0.1) is 0 Å². The van der Waals surface area contributed by atoms with Gasteiger partial charge in [0.05, 0.1) is 5.69 Å². The highest BCUT2D eigenvalue weighted by atomic mass is 16.6. The highest BCUT2D eigenvalue weighted by Crippen LogP contribution is 2.15. The third kappa shape index (κ3) is 5.38. The second-order valence-corrected chi connectivity index (χ2v) is 6.47. The summed E-state index contributed by atoms with van der Waals surface area (Å²) in [5.74, 6) is 0. The van der Waals surface area contributed by atoms with Gasteiger partial charge in [0.15, 0.2) is 0 Å². The summed E-state index contributed by atoms with van der Waals surface area (Å²) < 4.78 is 10.2. The van der Waals surface area contributed by atoms with Gasteiger partial charge in [0, 0.05) is 31.7 Å². The zero-order valence-corrected chi connectivity index (χ0v) is 13.1. The Morgan fingerprint density at radius 1 is 1.48 bits per heavy atom. The Morgan fingerprint density at radius 3 is 2.95 bits per heavy atom. The Kier molecular flexibility index (Phi) is 5.22. The number of rotatable bonds is 3. The van der Waals surface area contributed by atoms with E-state index < -0.39 is 5.60 Å². The van der Waals surface area contributed by atoms with Crippen LogP contribution in [0.2, 0.25) is 0 Å². The van der Waals surface area contributed by atoms with E-state index in [1.807, 2.05) is 31.7 Å². The Morgan fingerprint density at radius 2 is 2.29 bits per heavy atom. The van der Waals surface area contributed by atoms with Crippen molar-refractivity contribution in [3.63, 3.8) is 0 Å². The fourth-order valence-electron chi connectivity index (χ4n) is 2.39. The number of aromatic nitrogens is 1. The number of carbonyl (C=O) groups excluding carboxylic acids is 1. The first-order valence-corrected chi connectivity index (χ1v) is 7.54. The smallest absolute Gasteiger partial charge is 0.410 e. The van der Waals surface area contributed by atoms with Crippen molar-refractivity contribution in [3.8, 4) is 0 Å². The minimum Gasteiger partial charge on any atom is -0.444 e. The van der Waals surface area contributed by atoms with Crippen molar-refractivity contribution in [2.75, 3.05) is 13.1 Å². The summed E-state index contributed by atoms with van der Waals surface area (Å²) in [6, 6.07) is 2.26. The maximum Gasteiger partial charge on any atom is 0.410 e. The van der Waals surface area contributed by atoms with Crippen molar-refractivity contribution in [2.24, 2.45) is 0 Å². The summed E-state index contributed by atoms with van der Waals surface area (Å²) in [4.78, 5) is 13.9. The summed E-state index contributed by atoms with van der Waals surface area (Å²) in [5, 5.41) is 7.36. The second kappa shape index (κ2) is 6.93. The lowest BCUT2D eigenvalue weighted by Gasteiger charge is -2.26. The molecule has 2 rings (SSSR count). The lowest BCUT2D eigenvalue weighted by atomic mass is 10.1. The largest absolute Gasteiger partial charge is 0.444 e. The molecule has 1 aromatic rings. The van der Waals surface area contributed by atoms with E-state index in [0.29, 0.717) is 12.6 Å². The Balaban J connectivity index is 1.77. The Bertz CT molecular complexity index is 440. The molecule has 21 heavy (non-hydrogen) atoms. The van der Waals surface area contributed by atoms with Gasteiger partial charge in [0.25, 0.3) is 0 Å². The number of amides is 1. The molecule has 0 bridgehead atoms. The van der Waals surface area contributed by atoms with Crippen LogP contribution in [0.5, 0.6) is 0 Å². The van der Waals surface area contributed by atoms with Crippen LogP contribution in [0.25, 0.3) is 0 Å². The molecule has 0 aliphatic carbocycles. The molecule has 2 heterocycles. The van der Waals surface area contributed by atoms with E-state index in [0.717, 1.165) is 38.0 Å². The van der Waals surface area contributed by atoms with Gasteiger partial charge in [-0.3, -0.25) is 0 Å². The van der Waals surface area contributed by atoms with Crippen LogP contribution >= 0.6 is 0 Å². The number of likely N-dealkylation sites (tertiary alicyclic amines) is 1. The zero-order valence-electron chi connectivity index (χ0n) is 13.1. The molecule has 1 aromatic heterocycles. The molecule has 1 atom stereocenters. The van der Waals surface area contributed by atoms with Gasteiger partial charge in [-0.15, -0.1) is 0 Å². The molecule has 1 fully saturated rings.